The van der Waals surface area contributed by atoms with E-state index in [4.69, 9.17) is 4.74 Å². The van der Waals surface area contributed by atoms with Crippen LogP contribution in [0.4, 0.5) is 0 Å². The van der Waals surface area contributed by atoms with Crippen molar-refractivity contribution in [3.8, 4) is 0 Å². The van der Waals surface area contributed by atoms with Crippen LogP contribution in [-0.2, 0) is 4.74 Å². The minimum atomic E-state index is -0.698. The van der Waals surface area contributed by atoms with Crippen molar-refractivity contribution in [2.45, 2.75) is 44.8 Å². The van der Waals surface area contributed by atoms with Crippen molar-refractivity contribution >= 4 is 17.2 Å². The zero-order chi connectivity index (χ0) is 14.0. The fourth-order valence-electron chi connectivity index (χ4n) is 1.99. The number of aliphatic hydroxyl groups is 1. The molecule has 2 rings (SSSR count). The van der Waals surface area contributed by atoms with E-state index in [0.29, 0.717) is 17.1 Å². The quantitative estimate of drug-likeness (QED) is 0.865. The standard InChI is InChI=1S/C13H20N2O3S/c1-8-10(19-12(15-8)9(2)18-3)11(16)14-7-13(17)5-4-6-13/h9,17H,4-7H2,1-3H3,(H,14,16). The average Bonchev–Trinajstić information content (AvgIpc) is 2.75. The first-order chi connectivity index (χ1) is 8.95. The summed E-state index contributed by atoms with van der Waals surface area (Å²) < 4.78 is 5.20. The molecule has 0 bridgehead atoms. The number of amides is 1. The molecular formula is C13H20N2O3S. The Morgan fingerprint density at radius 2 is 2.32 bits per heavy atom. The molecule has 1 atom stereocenters. The zero-order valence-electron chi connectivity index (χ0n) is 11.5. The van der Waals surface area contributed by atoms with Gasteiger partial charge < -0.3 is 15.2 Å². The van der Waals surface area contributed by atoms with Crippen molar-refractivity contribution in [2.24, 2.45) is 0 Å². The molecule has 6 heteroatoms. The van der Waals surface area contributed by atoms with E-state index in [0.717, 1.165) is 24.3 Å². The van der Waals surface area contributed by atoms with E-state index < -0.39 is 5.60 Å². The number of nitrogens with zero attached hydrogens (tertiary/aromatic N) is 1. The van der Waals surface area contributed by atoms with Crippen LogP contribution in [-0.4, -0.2) is 35.3 Å². The maximum atomic E-state index is 12.1. The summed E-state index contributed by atoms with van der Waals surface area (Å²) in [6, 6.07) is 0. The highest BCUT2D eigenvalue weighted by Crippen LogP contribution is 2.31. The first-order valence-electron chi connectivity index (χ1n) is 6.46. The Kier molecular flexibility index (Phi) is 4.23. The Morgan fingerprint density at radius 1 is 1.63 bits per heavy atom. The number of aryl methyl sites for hydroxylation is 1. The van der Waals surface area contributed by atoms with Crippen LogP contribution < -0.4 is 5.32 Å². The van der Waals surface area contributed by atoms with E-state index in [1.54, 1.807) is 7.11 Å². The van der Waals surface area contributed by atoms with E-state index in [-0.39, 0.29) is 12.0 Å². The Hall–Kier alpha value is -0.980. The van der Waals surface area contributed by atoms with E-state index in [1.165, 1.54) is 11.3 Å². The summed E-state index contributed by atoms with van der Waals surface area (Å²) in [5.41, 5.74) is 0.0127. The summed E-state index contributed by atoms with van der Waals surface area (Å²) in [5, 5.41) is 13.6. The molecule has 0 aromatic carbocycles. The van der Waals surface area contributed by atoms with Crippen molar-refractivity contribution in [3.05, 3.63) is 15.6 Å². The van der Waals surface area contributed by atoms with Gasteiger partial charge in [-0.3, -0.25) is 4.79 Å². The predicted molar refractivity (Wildman–Crippen MR) is 73.4 cm³/mol. The molecule has 1 amide bonds. The number of thiazole rings is 1. The molecule has 2 N–H and O–H groups in total. The monoisotopic (exact) mass is 284 g/mol. The third-order valence-electron chi connectivity index (χ3n) is 3.58. The summed E-state index contributed by atoms with van der Waals surface area (Å²) in [6.07, 6.45) is 2.45. The number of ether oxygens (including phenoxy) is 1. The summed E-state index contributed by atoms with van der Waals surface area (Å²) in [6.45, 7) is 4.03. The van der Waals surface area contributed by atoms with Crippen molar-refractivity contribution in [1.82, 2.24) is 10.3 Å². The third-order valence-corrected chi connectivity index (χ3v) is 4.90. The maximum absolute atomic E-state index is 12.1. The average molecular weight is 284 g/mol. The van der Waals surface area contributed by atoms with Crippen molar-refractivity contribution in [2.75, 3.05) is 13.7 Å². The molecule has 0 spiro atoms. The summed E-state index contributed by atoms with van der Waals surface area (Å²) in [7, 11) is 1.62. The van der Waals surface area contributed by atoms with Crippen LogP contribution in [0, 0.1) is 6.92 Å². The largest absolute Gasteiger partial charge is 0.388 e. The molecule has 0 saturated heterocycles. The van der Waals surface area contributed by atoms with Gasteiger partial charge in [-0.25, -0.2) is 4.98 Å². The highest BCUT2D eigenvalue weighted by atomic mass is 32.1. The number of hydrogen-bond donors (Lipinski definition) is 2. The van der Waals surface area contributed by atoms with Crippen molar-refractivity contribution < 1.29 is 14.6 Å². The highest BCUT2D eigenvalue weighted by molar-refractivity contribution is 7.13. The molecule has 0 radical (unpaired) electrons. The van der Waals surface area contributed by atoms with E-state index in [9.17, 15) is 9.90 Å². The number of carbonyl (C=O) groups excluding carboxylic acids is 1. The molecule has 1 aliphatic carbocycles. The van der Waals surface area contributed by atoms with Crippen LogP contribution in [0.3, 0.4) is 0 Å². The SMILES string of the molecule is COC(C)c1nc(C)c(C(=O)NCC2(O)CCC2)s1. The Balaban J connectivity index is 2.00. The smallest absolute Gasteiger partial charge is 0.263 e. The molecule has 1 saturated carbocycles. The van der Waals surface area contributed by atoms with Crippen LogP contribution in [0.2, 0.25) is 0 Å². The topological polar surface area (TPSA) is 71.5 Å². The lowest BCUT2D eigenvalue weighted by molar-refractivity contribution is -0.0300. The van der Waals surface area contributed by atoms with Gasteiger partial charge in [-0.05, 0) is 33.1 Å². The van der Waals surface area contributed by atoms with Crippen molar-refractivity contribution in [1.29, 1.82) is 0 Å². The van der Waals surface area contributed by atoms with Crippen LogP contribution in [0.15, 0.2) is 0 Å². The van der Waals surface area contributed by atoms with Crippen LogP contribution in [0.1, 0.15) is 52.7 Å². The number of rotatable bonds is 5. The minimum Gasteiger partial charge on any atom is -0.388 e. The minimum absolute atomic E-state index is 0.110. The molecule has 1 aliphatic rings. The van der Waals surface area contributed by atoms with E-state index >= 15 is 0 Å². The second-order valence-corrected chi connectivity index (χ2v) is 6.14. The lowest BCUT2D eigenvalue weighted by Gasteiger charge is -2.36. The lowest BCUT2D eigenvalue weighted by atomic mass is 9.80. The van der Waals surface area contributed by atoms with Gasteiger partial charge in [-0.1, -0.05) is 0 Å². The molecule has 1 unspecified atom stereocenters. The predicted octanol–water partition coefficient (Wildman–Crippen LogP) is 1.80. The Morgan fingerprint density at radius 3 is 2.84 bits per heavy atom. The third kappa shape index (κ3) is 3.13. The van der Waals surface area contributed by atoms with Gasteiger partial charge in [0.2, 0.25) is 0 Å². The van der Waals surface area contributed by atoms with Gasteiger partial charge in [0.05, 0.1) is 11.3 Å². The second-order valence-electron chi connectivity index (χ2n) is 5.11. The molecule has 1 aromatic rings. The fraction of sp³-hybridized carbons (Fsp3) is 0.692. The van der Waals surface area contributed by atoms with Gasteiger partial charge in [0, 0.05) is 13.7 Å². The number of nitrogens with one attached hydrogen (secondary N) is 1. The summed E-state index contributed by atoms with van der Waals surface area (Å²) >= 11 is 1.35. The highest BCUT2D eigenvalue weighted by Gasteiger charge is 2.34. The van der Waals surface area contributed by atoms with Crippen LogP contribution in [0.25, 0.3) is 0 Å². The first kappa shape index (κ1) is 14.4. The van der Waals surface area contributed by atoms with Gasteiger partial charge in [-0.2, -0.15) is 0 Å². The van der Waals surface area contributed by atoms with Crippen LogP contribution in [0.5, 0.6) is 0 Å². The lowest BCUT2D eigenvalue weighted by Crippen LogP contribution is -2.47. The number of methoxy groups -OCH3 is 1. The molecule has 1 heterocycles. The van der Waals surface area contributed by atoms with Gasteiger partial charge in [0.1, 0.15) is 16.0 Å². The summed E-state index contributed by atoms with van der Waals surface area (Å²) in [4.78, 5) is 17.0. The van der Waals surface area contributed by atoms with E-state index in [2.05, 4.69) is 10.3 Å². The van der Waals surface area contributed by atoms with Crippen LogP contribution >= 0.6 is 11.3 Å². The van der Waals surface area contributed by atoms with Crippen molar-refractivity contribution in [3.63, 3.8) is 0 Å². The molecule has 5 nitrogen and oxygen atoms in total. The molecule has 1 aromatic heterocycles. The number of aromatic nitrogens is 1. The van der Waals surface area contributed by atoms with Gasteiger partial charge in [0.15, 0.2) is 0 Å². The normalized spacial score (nSPS) is 18.7. The number of hydrogen-bond acceptors (Lipinski definition) is 5. The first-order valence-corrected chi connectivity index (χ1v) is 7.27. The molecule has 0 aliphatic heterocycles. The van der Waals surface area contributed by atoms with Gasteiger partial charge in [0.25, 0.3) is 5.91 Å². The Labute approximate surface area is 117 Å². The second kappa shape index (κ2) is 5.56. The zero-order valence-corrected chi connectivity index (χ0v) is 12.3. The van der Waals surface area contributed by atoms with E-state index in [1.807, 2.05) is 13.8 Å². The molecule has 106 valence electrons. The number of carbonyl (C=O) groups is 1. The van der Waals surface area contributed by atoms with Gasteiger partial charge >= 0.3 is 0 Å². The van der Waals surface area contributed by atoms with Gasteiger partial charge in [-0.15, -0.1) is 11.3 Å². The fourth-order valence-corrected chi connectivity index (χ4v) is 3.00. The molecule has 19 heavy (non-hydrogen) atoms. The Bertz CT molecular complexity index is 468. The maximum Gasteiger partial charge on any atom is 0.263 e. The summed E-state index contributed by atoms with van der Waals surface area (Å²) in [5.74, 6) is -0.162. The molecule has 1 fully saturated rings. The molecular weight excluding hydrogens is 264 g/mol.